The smallest absolute Gasteiger partial charge is 0.343 e. The largest absolute Gasteiger partial charge is 0.497 e. The predicted octanol–water partition coefficient (Wildman–Crippen LogP) is 14.6. The summed E-state index contributed by atoms with van der Waals surface area (Å²) in [7, 11) is 3.29. The van der Waals surface area contributed by atoms with Gasteiger partial charge in [-0.05, 0) is 182 Å². The first-order valence-corrected chi connectivity index (χ1v) is 26.4. The maximum Gasteiger partial charge on any atom is 0.343 e. The Hall–Kier alpha value is -10.2. The molecule has 0 amide bonds. The van der Waals surface area contributed by atoms with Crippen LogP contribution in [0.1, 0.15) is 133 Å². The zero-order valence-electron chi connectivity index (χ0n) is 46.5. The molecule has 0 spiro atoms. The second-order valence-corrected chi connectivity index (χ2v) is 19.5. The van der Waals surface area contributed by atoms with Crippen LogP contribution < -0.4 is 28.4 Å². The average Bonchev–Trinajstić information content (AvgIpc) is 3.54. The number of esters is 4. The van der Waals surface area contributed by atoms with E-state index in [4.69, 9.17) is 28.4 Å². The third-order valence-corrected chi connectivity index (χ3v) is 13.6. The van der Waals surface area contributed by atoms with E-state index < -0.39 is 23.9 Å². The molecule has 0 saturated carbocycles. The van der Waals surface area contributed by atoms with Crippen LogP contribution in [0.15, 0.2) is 206 Å². The number of hydrogen-bond acceptors (Lipinski definition) is 12. The molecule has 9 aromatic carbocycles. The van der Waals surface area contributed by atoms with Gasteiger partial charge in [0.25, 0.3) is 0 Å². The third kappa shape index (κ3) is 15.3. The molecule has 1 atom stereocenters. The summed E-state index contributed by atoms with van der Waals surface area (Å²) >= 11 is 0. The zero-order valence-corrected chi connectivity index (χ0v) is 46.5. The van der Waals surface area contributed by atoms with Gasteiger partial charge in [-0.25, -0.2) is 19.2 Å². The van der Waals surface area contributed by atoms with Crippen molar-refractivity contribution < 1.29 is 57.2 Å². The molecule has 0 radical (unpaired) electrons. The van der Waals surface area contributed by atoms with Crippen molar-refractivity contribution in [1.29, 1.82) is 0 Å². The first-order chi connectivity index (χ1) is 39.5. The number of benzene rings is 9. The lowest BCUT2D eigenvalue weighted by molar-refractivity contribution is 0.0720. The Bertz CT molecular complexity index is 3730. The number of Topliss-reactive ketones (excluding diaryl/α,β-unsaturated/α-hetero) is 2. The third-order valence-electron chi connectivity index (χ3n) is 13.6. The van der Waals surface area contributed by atoms with Crippen molar-refractivity contribution in [3.8, 4) is 34.5 Å². The van der Waals surface area contributed by atoms with Crippen LogP contribution in [0.4, 0.5) is 0 Å². The molecule has 0 fully saturated rings. The number of ketones is 2. The van der Waals surface area contributed by atoms with Crippen molar-refractivity contribution in [3.63, 3.8) is 0 Å². The van der Waals surface area contributed by atoms with Crippen molar-refractivity contribution in [2.24, 2.45) is 0 Å². The number of hydrogen-bond donors (Lipinski definition) is 0. The number of carbonyl (C=O) groups is 6. The minimum Gasteiger partial charge on any atom is -0.497 e. The lowest BCUT2D eigenvalue weighted by Gasteiger charge is -2.16. The fourth-order valence-electron chi connectivity index (χ4n) is 8.79. The molecule has 0 aliphatic heterocycles. The van der Waals surface area contributed by atoms with Crippen molar-refractivity contribution in [3.05, 3.63) is 284 Å². The standard InChI is InChI=1S/C47H40O8.C23H20O4/c1-29-26-39(18-24-43(29)52-5)31(3)40-19-25-44(30(2)27-40)55-47(51)38-16-14-37(15-17-38)46(50)54-42-22-8-34(9-23-42)28-33-6-20-41(21-7-33)53-45(49)36-12-10-35(11-13-36)32(4)48;1-16(24)18-9-11-19(12-10-18)23(25)27-22-6-4-3-5-20(22)15-17-7-13-21(26-2)14-8-17/h6-27,31H,28H2,1-5H3;3-14H,15H2,1-2H3. The SMILES string of the molecule is COc1ccc(C(C)c2ccc(OC(=O)c3ccc(C(=O)Oc4ccc(Cc5ccc(OC(=O)c6ccc(C(C)=O)cc6)cc5)cc4)cc3)c(C)c2)cc1C.COc1ccc(Cc2ccccc2OC(=O)c2ccc(C(C)=O)cc2)cc1. The van der Waals surface area contributed by atoms with Gasteiger partial charge in [0.2, 0.25) is 0 Å². The van der Waals surface area contributed by atoms with Gasteiger partial charge in [-0.15, -0.1) is 0 Å². The molecule has 0 aliphatic rings. The Morgan fingerprint density at radius 1 is 0.354 bits per heavy atom. The minimum atomic E-state index is -0.555. The van der Waals surface area contributed by atoms with Crippen LogP contribution in [0.3, 0.4) is 0 Å². The molecular weight excluding hydrogens is 1030 g/mol. The Balaban J connectivity index is 0.000000272. The first-order valence-electron chi connectivity index (χ1n) is 26.4. The Morgan fingerprint density at radius 2 is 0.707 bits per heavy atom. The lowest BCUT2D eigenvalue weighted by Crippen LogP contribution is -2.12. The minimum absolute atomic E-state index is 0.0419. The van der Waals surface area contributed by atoms with E-state index in [2.05, 4.69) is 19.1 Å². The van der Waals surface area contributed by atoms with Crippen molar-refractivity contribution in [1.82, 2.24) is 0 Å². The molecule has 1 unspecified atom stereocenters. The molecule has 0 bridgehead atoms. The van der Waals surface area contributed by atoms with Crippen LogP contribution in [0.25, 0.3) is 0 Å². The number of methoxy groups -OCH3 is 2. The van der Waals surface area contributed by atoms with E-state index >= 15 is 0 Å². The normalized spacial score (nSPS) is 11.0. The van der Waals surface area contributed by atoms with Crippen LogP contribution in [0.2, 0.25) is 0 Å². The summed E-state index contributed by atoms with van der Waals surface area (Å²) in [5.41, 5.74) is 10.6. The van der Waals surface area contributed by atoms with E-state index in [0.29, 0.717) is 63.7 Å². The zero-order chi connectivity index (χ0) is 58.3. The van der Waals surface area contributed by atoms with Crippen LogP contribution in [0, 0.1) is 13.8 Å². The molecular formula is C70H60O12. The number of para-hydroxylation sites is 1. The monoisotopic (exact) mass is 1090 g/mol. The maximum absolute atomic E-state index is 13.0. The van der Waals surface area contributed by atoms with Crippen LogP contribution >= 0.6 is 0 Å². The highest BCUT2D eigenvalue weighted by Gasteiger charge is 2.18. The fourth-order valence-corrected chi connectivity index (χ4v) is 8.79. The summed E-state index contributed by atoms with van der Waals surface area (Å²) in [6.45, 7) is 9.02. The van der Waals surface area contributed by atoms with E-state index in [9.17, 15) is 28.8 Å². The van der Waals surface area contributed by atoms with E-state index in [0.717, 1.165) is 56.0 Å². The second kappa shape index (κ2) is 27.1. The molecule has 0 N–H and O–H groups in total. The number of carbonyl (C=O) groups excluding carboxylic acids is 6. The molecule has 0 aliphatic carbocycles. The summed E-state index contributed by atoms with van der Waals surface area (Å²) in [5.74, 6) is 1.40. The molecule has 12 heteroatoms. The van der Waals surface area contributed by atoms with Crippen LogP contribution in [-0.2, 0) is 12.8 Å². The number of aryl methyl sites for hydroxylation is 2. The highest BCUT2D eigenvalue weighted by Crippen LogP contribution is 2.32. The highest BCUT2D eigenvalue weighted by molar-refractivity contribution is 5.98. The summed E-state index contributed by atoms with van der Waals surface area (Å²) in [6.07, 6.45) is 1.25. The van der Waals surface area contributed by atoms with E-state index in [1.807, 2.05) is 105 Å². The van der Waals surface area contributed by atoms with Gasteiger partial charge in [0.15, 0.2) is 11.6 Å². The van der Waals surface area contributed by atoms with Gasteiger partial charge in [0.1, 0.15) is 34.5 Å². The Labute approximate surface area is 476 Å². The van der Waals surface area contributed by atoms with Crippen LogP contribution in [0.5, 0.6) is 34.5 Å². The van der Waals surface area contributed by atoms with Gasteiger partial charge in [-0.2, -0.15) is 0 Å². The molecule has 412 valence electrons. The topological polar surface area (TPSA) is 158 Å². The molecule has 0 heterocycles. The van der Waals surface area contributed by atoms with Crippen molar-refractivity contribution >= 4 is 35.4 Å². The Morgan fingerprint density at radius 3 is 1.10 bits per heavy atom. The predicted molar refractivity (Wildman–Crippen MR) is 314 cm³/mol. The summed E-state index contributed by atoms with van der Waals surface area (Å²) in [6, 6.07) is 60.5. The summed E-state index contributed by atoms with van der Waals surface area (Å²) < 4.78 is 32.9. The number of ether oxygens (including phenoxy) is 6. The molecule has 0 aromatic heterocycles. The van der Waals surface area contributed by atoms with E-state index in [1.54, 1.807) is 105 Å². The molecule has 82 heavy (non-hydrogen) atoms. The quantitative estimate of drug-likeness (QED) is 0.0456. The summed E-state index contributed by atoms with van der Waals surface area (Å²) in [4.78, 5) is 73.7. The van der Waals surface area contributed by atoms with Gasteiger partial charge in [0, 0.05) is 23.5 Å². The molecule has 12 nitrogen and oxygen atoms in total. The van der Waals surface area contributed by atoms with E-state index in [-0.39, 0.29) is 23.0 Å². The van der Waals surface area contributed by atoms with Gasteiger partial charge in [0.05, 0.1) is 36.5 Å². The van der Waals surface area contributed by atoms with Gasteiger partial charge >= 0.3 is 23.9 Å². The van der Waals surface area contributed by atoms with Crippen molar-refractivity contribution in [2.75, 3.05) is 14.2 Å². The Kier molecular flexibility index (Phi) is 19.2. The maximum atomic E-state index is 13.0. The van der Waals surface area contributed by atoms with Gasteiger partial charge in [-0.3, -0.25) is 9.59 Å². The summed E-state index contributed by atoms with van der Waals surface area (Å²) in [5, 5.41) is 0. The van der Waals surface area contributed by atoms with Gasteiger partial charge in [-0.1, -0.05) is 110 Å². The van der Waals surface area contributed by atoms with Gasteiger partial charge < -0.3 is 28.4 Å². The average molecular weight is 1090 g/mol. The fraction of sp³-hybridized carbons (Fsp3) is 0.143. The number of rotatable bonds is 18. The second-order valence-electron chi connectivity index (χ2n) is 19.5. The lowest BCUT2D eigenvalue weighted by atomic mass is 9.91. The highest BCUT2D eigenvalue weighted by atomic mass is 16.5. The molecule has 9 rings (SSSR count). The molecule has 9 aromatic rings. The first kappa shape index (κ1) is 58.0. The van der Waals surface area contributed by atoms with E-state index in [1.165, 1.54) is 26.0 Å². The van der Waals surface area contributed by atoms with Crippen molar-refractivity contribution in [2.45, 2.75) is 53.4 Å². The van der Waals surface area contributed by atoms with Crippen LogP contribution in [-0.4, -0.2) is 49.7 Å². The molecule has 0 saturated heterocycles.